The van der Waals surface area contributed by atoms with Gasteiger partial charge in [-0.3, -0.25) is 4.79 Å². The minimum absolute atomic E-state index is 0.400. The van der Waals surface area contributed by atoms with Crippen LogP contribution in [0.3, 0.4) is 0 Å². The molecule has 1 aliphatic rings. The standard InChI is InChI=1S/C13H12ClN3O2S/c1-9(18)19-12(10-3-2-4-11(14)7-10)17-5-6-20-13(17)16-8-15/h2-4,7,12H,5-6H2,1H3. The van der Waals surface area contributed by atoms with Gasteiger partial charge in [-0.25, -0.2) is 0 Å². The van der Waals surface area contributed by atoms with Gasteiger partial charge in [0.1, 0.15) is 0 Å². The summed E-state index contributed by atoms with van der Waals surface area (Å²) in [6, 6.07) is 7.10. The number of carbonyl (C=O) groups excluding carboxylic acids is 1. The monoisotopic (exact) mass is 309 g/mol. The molecule has 0 spiro atoms. The number of ether oxygens (including phenoxy) is 1. The Bertz CT molecular complexity index is 585. The first kappa shape index (κ1) is 14.7. The maximum absolute atomic E-state index is 11.3. The van der Waals surface area contributed by atoms with Crippen molar-refractivity contribution < 1.29 is 9.53 Å². The van der Waals surface area contributed by atoms with E-state index in [2.05, 4.69) is 4.99 Å². The van der Waals surface area contributed by atoms with Gasteiger partial charge in [-0.2, -0.15) is 5.26 Å². The Labute approximate surface area is 126 Å². The van der Waals surface area contributed by atoms with Crippen molar-refractivity contribution in [2.24, 2.45) is 4.99 Å². The number of carbonyl (C=O) groups is 1. The van der Waals surface area contributed by atoms with Gasteiger partial charge in [0.05, 0.1) is 0 Å². The molecule has 1 atom stereocenters. The number of hydrogen-bond donors (Lipinski definition) is 0. The number of thioether (sulfide) groups is 1. The molecule has 1 aromatic carbocycles. The Balaban J connectivity index is 2.35. The molecule has 0 radical (unpaired) electrons. The zero-order valence-electron chi connectivity index (χ0n) is 10.7. The van der Waals surface area contributed by atoms with E-state index in [1.54, 1.807) is 29.3 Å². The van der Waals surface area contributed by atoms with Crippen LogP contribution in [0.15, 0.2) is 29.3 Å². The van der Waals surface area contributed by atoms with Gasteiger partial charge >= 0.3 is 5.97 Å². The van der Waals surface area contributed by atoms with Crippen molar-refractivity contribution in [1.29, 1.82) is 5.26 Å². The Morgan fingerprint density at radius 1 is 1.65 bits per heavy atom. The minimum atomic E-state index is -0.617. The average molecular weight is 310 g/mol. The summed E-state index contributed by atoms with van der Waals surface area (Å²) < 4.78 is 5.38. The molecule has 0 bridgehead atoms. The summed E-state index contributed by atoms with van der Waals surface area (Å²) in [4.78, 5) is 16.9. The van der Waals surface area contributed by atoms with Crippen LogP contribution in [0, 0.1) is 11.5 Å². The topological polar surface area (TPSA) is 65.7 Å². The molecule has 0 amide bonds. The van der Waals surface area contributed by atoms with Gasteiger partial charge in [-0.15, -0.1) is 4.99 Å². The van der Waals surface area contributed by atoms with Crippen molar-refractivity contribution in [3.05, 3.63) is 34.9 Å². The fraction of sp³-hybridized carbons (Fsp3) is 0.308. The Hall–Kier alpha value is -1.71. The number of rotatable bonds is 3. The number of benzene rings is 1. The van der Waals surface area contributed by atoms with Crippen molar-refractivity contribution in [3.8, 4) is 6.19 Å². The van der Waals surface area contributed by atoms with E-state index in [0.29, 0.717) is 16.7 Å². The highest BCUT2D eigenvalue weighted by Gasteiger charge is 2.30. The van der Waals surface area contributed by atoms with E-state index in [1.165, 1.54) is 18.7 Å². The first-order valence-corrected chi connectivity index (χ1v) is 7.27. The van der Waals surface area contributed by atoms with Gasteiger partial charge < -0.3 is 9.64 Å². The predicted octanol–water partition coefficient (Wildman–Crippen LogP) is 2.79. The van der Waals surface area contributed by atoms with E-state index in [4.69, 9.17) is 21.6 Å². The lowest BCUT2D eigenvalue weighted by molar-refractivity contribution is -0.153. The number of esters is 1. The fourth-order valence-corrected chi connectivity index (χ4v) is 3.03. The van der Waals surface area contributed by atoms with Crippen molar-refractivity contribution in [3.63, 3.8) is 0 Å². The molecule has 1 saturated heterocycles. The van der Waals surface area contributed by atoms with Crippen LogP contribution in [0.4, 0.5) is 0 Å². The molecule has 5 nitrogen and oxygen atoms in total. The van der Waals surface area contributed by atoms with E-state index in [9.17, 15) is 4.79 Å². The van der Waals surface area contributed by atoms with Gasteiger partial charge in [0.25, 0.3) is 0 Å². The number of aliphatic imine (C=N–C) groups is 1. The molecule has 20 heavy (non-hydrogen) atoms. The molecule has 2 rings (SSSR count). The summed E-state index contributed by atoms with van der Waals surface area (Å²) in [6.07, 6.45) is 1.15. The van der Waals surface area contributed by atoms with Crippen LogP contribution in [-0.2, 0) is 9.53 Å². The predicted molar refractivity (Wildman–Crippen MR) is 78.2 cm³/mol. The molecule has 1 aromatic rings. The zero-order chi connectivity index (χ0) is 14.5. The highest BCUT2D eigenvalue weighted by Crippen LogP contribution is 2.31. The lowest BCUT2D eigenvalue weighted by Crippen LogP contribution is -2.32. The zero-order valence-corrected chi connectivity index (χ0v) is 12.3. The first-order chi connectivity index (χ1) is 9.61. The summed E-state index contributed by atoms with van der Waals surface area (Å²) in [6.45, 7) is 2.00. The number of halogens is 1. The van der Waals surface area contributed by atoms with Crippen LogP contribution in [0.1, 0.15) is 18.7 Å². The third kappa shape index (κ3) is 3.44. The lowest BCUT2D eigenvalue weighted by atomic mass is 10.2. The van der Waals surface area contributed by atoms with Gasteiger partial charge in [-0.05, 0) is 12.1 Å². The molecule has 0 saturated carbocycles. The summed E-state index contributed by atoms with van der Waals surface area (Å²) in [5.74, 6) is 0.391. The van der Waals surface area contributed by atoms with E-state index >= 15 is 0 Å². The molecule has 0 N–H and O–H groups in total. The molecule has 1 fully saturated rings. The molecule has 1 heterocycles. The average Bonchev–Trinajstić information content (AvgIpc) is 2.84. The van der Waals surface area contributed by atoms with Gasteiger partial charge in [-0.1, -0.05) is 35.5 Å². The number of nitriles is 1. The maximum Gasteiger partial charge on any atom is 0.304 e. The summed E-state index contributed by atoms with van der Waals surface area (Å²) in [7, 11) is 0. The van der Waals surface area contributed by atoms with E-state index in [-0.39, 0.29) is 0 Å². The maximum atomic E-state index is 11.3. The van der Waals surface area contributed by atoms with Gasteiger partial charge in [0, 0.05) is 29.8 Å². The van der Waals surface area contributed by atoms with Crippen LogP contribution < -0.4 is 0 Å². The molecule has 104 valence electrons. The first-order valence-electron chi connectivity index (χ1n) is 5.90. The largest absolute Gasteiger partial charge is 0.437 e. The van der Waals surface area contributed by atoms with E-state index in [0.717, 1.165) is 11.3 Å². The smallest absolute Gasteiger partial charge is 0.304 e. The van der Waals surface area contributed by atoms with Crippen molar-refractivity contribution in [1.82, 2.24) is 4.90 Å². The number of hydrogen-bond acceptors (Lipinski definition) is 5. The minimum Gasteiger partial charge on any atom is -0.437 e. The van der Waals surface area contributed by atoms with Crippen molar-refractivity contribution in [2.45, 2.75) is 13.2 Å². The fourth-order valence-electron chi connectivity index (χ4n) is 1.90. The molecular formula is C13H12ClN3O2S. The second kappa shape index (κ2) is 6.64. The van der Waals surface area contributed by atoms with Crippen molar-refractivity contribution >= 4 is 34.5 Å². The second-order valence-corrected chi connectivity index (χ2v) is 5.55. The Kier molecular flexibility index (Phi) is 4.88. The van der Waals surface area contributed by atoms with Crippen LogP contribution in [0.2, 0.25) is 5.02 Å². The lowest BCUT2D eigenvalue weighted by Gasteiger charge is -2.28. The third-order valence-corrected chi connectivity index (χ3v) is 3.85. The van der Waals surface area contributed by atoms with Crippen LogP contribution in [0.5, 0.6) is 0 Å². The van der Waals surface area contributed by atoms with E-state index in [1.807, 2.05) is 6.07 Å². The third-order valence-electron chi connectivity index (χ3n) is 2.65. The number of nitrogens with zero attached hydrogens (tertiary/aromatic N) is 3. The molecule has 0 aliphatic carbocycles. The van der Waals surface area contributed by atoms with Crippen LogP contribution >= 0.6 is 23.4 Å². The quantitative estimate of drug-likeness (QED) is 0.634. The molecular weight excluding hydrogens is 298 g/mol. The molecule has 1 aliphatic heterocycles. The summed E-state index contributed by atoms with van der Waals surface area (Å²) >= 11 is 7.44. The Morgan fingerprint density at radius 2 is 2.45 bits per heavy atom. The van der Waals surface area contributed by atoms with Crippen molar-refractivity contribution in [2.75, 3.05) is 12.3 Å². The van der Waals surface area contributed by atoms with E-state index < -0.39 is 12.2 Å². The Morgan fingerprint density at radius 3 is 3.10 bits per heavy atom. The molecule has 7 heteroatoms. The van der Waals surface area contributed by atoms with Gasteiger partial charge in [0.2, 0.25) is 12.4 Å². The number of amidine groups is 1. The summed E-state index contributed by atoms with van der Waals surface area (Å²) in [5, 5.41) is 9.83. The molecule has 0 aromatic heterocycles. The highest BCUT2D eigenvalue weighted by molar-refractivity contribution is 8.14. The van der Waals surface area contributed by atoms with Crippen LogP contribution in [0.25, 0.3) is 0 Å². The molecule has 1 unspecified atom stereocenters. The SMILES string of the molecule is CC(=O)OC(c1cccc(Cl)c1)N1CCSC1=NC#N. The van der Waals surface area contributed by atoms with Crippen LogP contribution in [-0.4, -0.2) is 28.3 Å². The summed E-state index contributed by atoms with van der Waals surface area (Å²) in [5.41, 5.74) is 0.751. The second-order valence-electron chi connectivity index (χ2n) is 4.05. The normalized spacial score (nSPS) is 17.9. The van der Waals surface area contributed by atoms with Gasteiger partial charge in [0.15, 0.2) is 5.17 Å². The highest BCUT2D eigenvalue weighted by atomic mass is 35.5.